The van der Waals surface area contributed by atoms with E-state index in [2.05, 4.69) is 10.1 Å². The molecular weight excluding hydrogens is 521 g/mol. The van der Waals surface area contributed by atoms with Crippen molar-refractivity contribution < 1.29 is 36.4 Å². The van der Waals surface area contributed by atoms with Crippen LogP contribution in [0.15, 0.2) is 28.8 Å². The molecule has 0 aliphatic heterocycles. The van der Waals surface area contributed by atoms with Crippen molar-refractivity contribution in [2.45, 2.75) is 81.4 Å². The molecule has 0 atom stereocenters. The lowest BCUT2D eigenvalue weighted by molar-refractivity contribution is -0.295. The van der Waals surface area contributed by atoms with Crippen molar-refractivity contribution in [3.63, 3.8) is 0 Å². The van der Waals surface area contributed by atoms with Crippen LogP contribution in [0.5, 0.6) is 0 Å². The van der Waals surface area contributed by atoms with E-state index in [0.29, 0.717) is 56.2 Å². The van der Waals surface area contributed by atoms with Crippen molar-refractivity contribution in [3.05, 3.63) is 41.0 Å². The largest absolute Gasteiger partial charge is 0.417 e. The van der Waals surface area contributed by atoms with Gasteiger partial charge in [-0.1, -0.05) is 22.8 Å². The van der Waals surface area contributed by atoms with Crippen molar-refractivity contribution in [2.24, 2.45) is 11.3 Å². The van der Waals surface area contributed by atoms with Gasteiger partial charge in [0.25, 0.3) is 5.89 Å². The van der Waals surface area contributed by atoms with E-state index in [-0.39, 0.29) is 17.8 Å². The quantitative estimate of drug-likeness (QED) is 0.438. The van der Waals surface area contributed by atoms with Crippen molar-refractivity contribution in [3.8, 4) is 0 Å². The molecule has 37 heavy (non-hydrogen) atoms. The lowest BCUT2D eigenvalue weighted by Crippen LogP contribution is -2.60. The first-order chi connectivity index (χ1) is 17.2. The molecular formula is C25H27ClF5N3O3. The first-order valence-electron chi connectivity index (χ1n) is 12.2. The number of alkyl halides is 5. The summed E-state index contributed by atoms with van der Waals surface area (Å²) in [5.41, 5.74) is -3.13. The Morgan fingerprint density at radius 1 is 1.14 bits per heavy atom. The fourth-order valence-electron chi connectivity index (χ4n) is 6.11. The minimum absolute atomic E-state index is 0.279. The highest BCUT2D eigenvalue weighted by Crippen LogP contribution is 2.58. The molecule has 6 rings (SSSR count). The Morgan fingerprint density at radius 2 is 1.76 bits per heavy atom. The van der Waals surface area contributed by atoms with E-state index in [1.807, 2.05) is 0 Å². The van der Waals surface area contributed by atoms with Gasteiger partial charge in [-0.05, 0) is 75.0 Å². The molecule has 0 unspecified atom stereocenters. The maximum absolute atomic E-state index is 13.6. The van der Waals surface area contributed by atoms with E-state index >= 15 is 0 Å². The number of halogens is 6. The fraction of sp³-hybridized carbons (Fsp3) is 0.640. The van der Waals surface area contributed by atoms with E-state index in [1.165, 1.54) is 4.90 Å². The zero-order chi connectivity index (χ0) is 26.9. The molecule has 4 saturated carbocycles. The lowest BCUT2D eigenvalue weighted by Gasteiger charge is -2.54. The molecule has 4 fully saturated rings. The number of benzene rings is 1. The van der Waals surface area contributed by atoms with Gasteiger partial charge in [0.15, 0.2) is 11.4 Å². The van der Waals surface area contributed by atoms with Gasteiger partial charge in [-0.25, -0.2) is 0 Å². The van der Waals surface area contributed by atoms with Crippen LogP contribution in [0.2, 0.25) is 5.02 Å². The van der Waals surface area contributed by atoms with Crippen LogP contribution < -0.4 is 4.90 Å². The van der Waals surface area contributed by atoms with Gasteiger partial charge in [-0.3, -0.25) is 4.79 Å². The molecule has 6 nitrogen and oxygen atoms in total. The minimum atomic E-state index is -4.80. The third-order valence-electron chi connectivity index (χ3n) is 8.60. The van der Waals surface area contributed by atoms with Crippen LogP contribution in [-0.4, -0.2) is 39.5 Å². The Balaban J connectivity index is 1.35. The molecule has 12 heteroatoms. The first kappa shape index (κ1) is 26.3. The van der Waals surface area contributed by atoms with E-state index in [9.17, 15) is 31.9 Å². The molecule has 2 bridgehead atoms. The van der Waals surface area contributed by atoms with Crippen LogP contribution in [0.1, 0.15) is 70.0 Å². The number of nitrogens with zero attached hydrogens (tertiary/aromatic N) is 3. The van der Waals surface area contributed by atoms with Gasteiger partial charge in [0.1, 0.15) is 0 Å². The average molecular weight is 548 g/mol. The van der Waals surface area contributed by atoms with E-state index in [1.54, 1.807) is 24.3 Å². The van der Waals surface area contributed by atoms with Crippen LogP contribution >= 0.6 is 11.6 Å². The van der Waals surface area contributed by atoms with Crippen molar-refractivity contribution >= 4 is 23.2 Å². The van der Waals surface area contributed by atoms with Crippen LogP contribution in [0.25, 0.3) is 0 Å². The molecule has 4 aliphatic rings. The van der Waals surface area contributed by atoms with Gasteiger partial charge >= 0.3 is 12.1 Å². The standard InChI is InChI=1S/C25H27ClF5N3O3/c1-21(27,28)20-32-19(33-37-20)23-8-5-22(6-9-23,7-10-23)14-34(17-4-2-3-16(26)11-17)18(35)15-12-24(36,13-15)25(29,30)31/h2-4,11,15,36H,5-10,12-14H2,1H3. The monoisotopic (exact) mass is 547 g/mol. The maximum atomic E-state index is 13.6. The molecule has 0 radical (unpaired) electrons. The Labute approximate surface area is 215 Å². The highest BCUT2D eigenvalue weighted by atomic mass is 35.5. The summed E-state index contributed by atoms with van der Waals surface area (Å²) in [6, 6.07) is 6.61. The molecule has 0 saturated heterocycles. The van der Waals surface area contributed by atoms with Gasteiger partial charge in [-0.15, -0.1) is 0 Å². The maximum Gasteiger partial charge on any atom is 0.417 e. The third-order valence-corrected chi connectivity index (χ3v) is 8.84. The Kier molecular flexibility index (Phi) is 6.14. The number of fused-ring (bicyclic) bond motifs is 3. The number of aromatic nitrogens is 2. The second-order valence-electron chi connectivity index (χ2n) is 11.1. The lowest BCUT2D eigenvalue weighted by atomic mass is 9.53. The van der Waals surface area contributed by atoms with Crippen LogP contribution in [0.4, 0.5) is 27.6 Å². The summed E-state index contributed by atoms with van der Waals surface area (Å²) < 4.78 is 71.6. The number of hydrogen-bond acceptors (Lipinski definition) is 5. The number of rotatable bonds is 6. The zero-order valence-corrected chi connectivity index (χ0v) is 20.9. The second kappa shape index (κ2) is 8.62. The van der Waals surface area contributed by atoms with Gasteiger partial charge < -0.3 is 14.5 Å². The van der Waals surface area contributed by atoms with Crippen molar-refractivity contribution in [1.82, 2.24) is 10.1 Å². The molecule has 1 aromatic carbocycles. The van der Waals surface area contributed by atoms with Crippen LogP contribution in [-0.2, 0) is 16.1 Å². The van der Waals surface area contributed by atoms with E-state index in [4.69, 9.17) is 16.1 Å². The fourth-order valence-corrected chi connectivity index (χ4v) is 6.30. The molecule has 1 amide bonds. The van der Waals surface area contributed by atoms with E-state index < -0.39 is 53.7 Å². The molecule has 202 valence electrons. The summed E-state index contributed by atoms with van der Waals surface area (Å²) in [6.45, 7) is 0.988. The Bertz CT molecular complexity index is 1160. The highest BCUT2D eigenvalue weighted by molar-refractivity contribution is 6.30. The van der Waals surface area contributed by atoms with Crippen molar-refractivity contribution in [2.75, 3.05) is 11.4 Å². The number of carbonyl (C=O) groups excluding carboxylic acids is 1. The summed E-state index contributed by atoms with van der Waals surface area (Å²) in [5, 5.41) is 14.1. The summed E-state index contributed by atoms with van der Waals surface area (Å²) in [4.78, 5) is 19.0. The molecule has 1 heterocycles. The molecule has 2 aromatic rings. The van der Waals surface area contributed by atoms with E-state index in [0.717, 1.165) is 0 Å². The van der Waals surface area contributed by atoms with Gasteiger partial charge in [0.05, 0.1) is 0 Å². The first-order valence-corrected chi connectivity index (χ1v) is 12.6. The van der Waals surface area contributed by atoms with Gasteiger partial charge in [-0.2, -0.15) is 26.9 Å². The normalized spacial score (nSPS) is 31.7. The Morgan fingerprint density at radius 3 is 2.27 bits per heavy atom. The third kappa shape index (κ3) is 4.62. The highest BCUT2D eigenvalue weighted by Gasteiger charge is 2.63. The number of aliphatic hydroxyl groups is 1. The van der Waals surface area contributed by atoms with Gasteiger partial charge in [0, 0.05) is 35.5 Å². The number of amides is 1. The SMILES string of the molecule is CC(F)(F)c1nc(C23CCC(CN(C(=O)C4CC(O)(C(F)(F)F)C4)c4cccc(Cl)c4)(CC2)CC3)no1. The number of hydrogen-bond donors (Lipinski definition) is 1. The number of anilines is 1. The summed E-state index contributed by atoms with van der Waals surface area (Å²) in [5.74, 6) is -5.09. The van der Waals surface area contributed by atoms with Crippen molar-refractivity contribution in [1.29, 1.82) is 0 Å². The predicted molar refractivity (Wildman–Crippen MR) is 123 cm³/mol. The predicted octanol–water partition coefficient (Wildman–Crippen LogP) is 6.16. The van der Waals surface area contributed by atoms with Crippen LogP contribution in [0, 0.1) is 11.3 Å². The minimum Gasteiger partial charge on any atom is -0.380 e. The Hall–Kier alpha value is -2.27. The molecule has 1 N–H and O–H groups in total. The average Bonchev–Trinajstić information content (AvgIpc) is 3.33. The van der Waals surface area contributed by atoms with Crippen LogP contribution in [0.3, 0.4) is 0 Å². The topological polar surface area (TPSA) is 79.5 Å². The van der Waals surface area contributed by atoms with Gasteiger partial charge in [0.2, 0.25) is 5.91 Å². The molecule has 0 spiro atoms. The smallest absolute Gasteiger partial charge is 0.380 e. The summed E-state index contributed by atoms with van der Waals surface area (Å²) >= 11 is 6.16. The number of carbonyl (C=O) groups is 1. The second-order valence-corrected chi connectivity index (χ2v) is 11.6. The zero-order valence-electron chi connectivity index (χ0n) is 20.1. The summed E-state index contributed by atoms with van der Waals surface area (Å²) in [7, 11) is 0. The summed E-state index contributed by atoms with van der Waals surface area (Å²) in [6.07, 6.45) is -2.28. The molecule has 1 aromatic heterocycles. The molecule has 4 aliphatic carbocycles.